The van der Waals surface area contributed by atoms with Crippen molar-refractivity contribution in [1.29, 1.82) is 0 Å². The molecule has 4 nitrogen and oxygen atoms in total. The van der Waals surface area contributed by atoms with Crippen LogP contribution in [0.1, 0.15) is 11.1 Å². The largest absolute Gasteiger partial charge is 0.493 e. The lowest BCUT2D eigenvalue weighted by Crippen LogP contribution is -2.33. The number of hydrogen-bond acceptors (Lipinski definition) is 3. The van der Waals surface area contributed by atoms with Crippen LogP contribution < -0.4 is 18.9 Å². The summed E-state index contributed by atoms with van der Waals surface area (Å²) in [5.41, 5.74) is 3.60. The van der Waals surface area contributed by atoms with Gasteiger partial charge < -0.3 is 14.4 Å². The third kappa shape index (κ3) is 3.45. The molecule has 1 aromatic heterocycles. The molecule has 2 aromatic rings. The highest BCUT2D eigenvalue weighted by atomic mass is 16.5. The zero-order valence-electron chi connectivity index (χ0n) is 13.4. The third-order valence-corrected chi connectivity index (χ3v) is 3.58. The van der Waals surface area contributed by atoms with Gasteiger partial charge >= 0.3 is 0 Å². The second-order valence-corrected chi connectivity index (χ2v) is 5.26. The Morgan fingerprint density at radius 2 is 1.57 bits per heavy atom. The molecule has 0 bridgehead atoms. The number of aromatic nitrogens is 1. The van der Waals surface area contributed by atoms with Crippen molar-refractivity contribution in [2.45, 2.75) is 13.5 Å². The molecule has 0 saturated heterocycles. The van der Waals surface area contributed by atoms with Crippen molar-refractivity contribution in [3.05, 3.63) is 47.8 Å². The number of rotatable bonds is 5. The van der Waals surface area contributed by atoms with Crippen LogP contribution in [0.4, 0.5) is 5.69 Å². The Morgan fingerprint density at radius 3 is 2.10 bits per heavy atom. The number of benzene rings is 1. The summed E-state index contributed by atoms with van der Waals surface area (Å²) in [6, 6.07) is 8.27. The molecule has 0 atom stereocenters. The van der Waals surface area contributed by atoms with Crippen LogP contribution in [-0.4, -0.2) is 28.3 Å². The summed E-state index contributed by atoms with van der Waals surface area (Å²) >= 11 is 0. The lowest BCUT2D eigenvalue weighted by Gasteiger charge is -2.12. The number of anilines is 1. The van der Waals surface area contributed by atoms with Gasteiger partial charge in [0, 0.05) is 37.5 Å². The summed E-state index contributed by atoms with van der Waals surface area (Å²) in [5, 5.41) is 0. The van der Waals surface area contributed by atoms with Crippen molar-refractivity contribution in [3.63, 3.8) is 0 Å². The van der Waals surface area contributed by atoms with Gasteiger partial charge in [0.15, 0.2) is 30.4 Å². The minimum absolute atomic E-state index is 0.767. The highest BCUT2D eigenvalue weighted by Gasteiger charge is 2.12. The van der Waals surface area contributed by atoms with Crippen molar-refractivity contribution < 1.29 is 14.0 Å². The minimum Gasteiger partial charge on any atom is -0.493 e. The highest BCUT2D eigenvalue weighted by Crippen LogP contribution is 2.30. The molecule has 0 saturated carbocycles. The highest BCUT2D eigenvalue weighted by molar-refractivity contribution is 5.47. The van der Waals surface area contributed by atoms with Crippen LogP contribution in [-0.2, 0) is 6.54 Å². The second-order valence-electron chi connectivity index (χ2n) is 5.26. The molecule has 0 spiro atoms. The number of nitrogens with zero attached hydrogens (tertiary/aromatic N) is 2. The van der Waals surface area contributed by atoms with Gasteiger partial charge in [0.05, 0.1) is 14.2 Å². The number of ether oxygens (including phenoxy) is 2. The molecule has 0 amide bonds. The van der Waals surface area contributed by atoms with Crippen LogP contribution in [0.3, 0.4) is 0 Å². The van der Waals surface area contributed by atoms with Gasteiger partial charge in [-0.15, -0.1) is 0 Å². The van der Waals surface area contributed by atoms with E-state index < -0.39 is 0 Å². The van der Waals surface area contributed by atoms with Crippen LogP contribution in [0.2, 0.25) is 0 Å². The Morgan fingerprint density at radius 1 is 1.00 bits per heavy atom. The number of pyridine rings is 1. The van der Waals surface area contributed by atoms with E-state index in [0.717, 1.165) is 18.0 Å². The van der Waals surface area contributed by atoms with Crippen molar-refractivity contribution >= 4 is 5.69 Å². The van der Waals surface area contributed by atoms with Gasteiger partial charge in [0.25, 0.3) is 0 Å². The third-order valence-electron chi connectivity index (χ3n) is 3.58. The normalized spacial score (nSPS) is 10.3. The molecule has 0 unspecified atom stereocenters. The summed E-state index contributed by atoms with van der Waals surface area (Å²) in [6.07, 6.45) is 4.18. The standard InChI is InChI=1S/C17H23N2O2/c1-13-10-16(20-4)17(21-5)11-14(13)12-19-8-6-15(7-9-19)18(2)3/h6-11H,12H2,1-5H3/q+1. The predicted octanol–water partition coefficient (Wildman–Crippen LogP) is 2.41. The first kappa shape index (κ1) is 15.2. The maximum atomic E-state index is 5.38. The first-order valence-corrected chi connectivity index (χ1v) is 6.93. The van der Waals surface area contributed by atoms with E-state index in [9.17, 15) is 0 Å². The van der Waals surface area contributed by atoms with E-state index >= 15 is 0 Å². The van der Waals surface area contributed by atoms with Crippen LogP contribution in [0.15, 0.2) is 36.7 Å². The molecular formula is C17H23N2O2+. The molecule has 0 aliphatic carbocycles. The second kappa shape index (κ2) is 6.48. The maximum Gasteiger partial charge on any atom is 0.174 e. The molecule has 0 aliphatic rings. The SMILES string of the molecule is COc1cc(C)c(C[n+]2ccc(N(C)C)cc2)cc1OC. The van der Waals surface area contributed by atoms with Crippen LogP contribution >= 0.6 is 0 Å². The van der Waals surface area contributed by atoms with E-state index in [0.29, 0.717) is 0 Å². The number of methoxy groups -OCH3 is 2. The molecule has 0 aliphatic heterocycles. The van der Waals surface area contributed by atoms with Crippen molar-refractivity contribution in [3.8, 4) is 11.5 Å². The molecule has 0 fully saturated rings. The fourth-order valence-corrected chi connectivity index (χ4v) is 2.24. The van der Waals surface area contributed by atoms with E-state index in [1.165, 1.54) is 16.8 Å². The molecule has 4 heteroatoms. The quantitative estimate of drug-likeness (QED) is 0.790. The van der Waals surface area contributed by atoms with Gasteiger partial charge in [-0.1, -0.05) is 0 Å². The van der Waals surface area contributed by atoms with Gasteiger partial charge in [-0.25, -0.2) is 4.57 Å². The summed E-state index contributed by atoms with van der Waals surface area (Å²) in [6.45, 7) is 2.89. The fourth-order valence-electron chi connectivity index (χ4n) is 2.24. The predicted molar refractivity (Wildman–Crippen MR) is 84.3 cm³/mol. The first-order valence-electron chi connectivity index (χ1n) is 6.93. The molecule has 21 heavy (non-hydrogen) atoms. The summed E-state index contributed by atoms with van der Waals surface area (Å²) < 4.78 is 12.9. The van der Waals surface area contributed by atoms with E-state index in [1.807, 2.05) is 26.2 Å². The Bertz CT molecular complexity index is 607. The van der Waals surface area contributed by atoms with Crippen LogP contribution in [0.5, 0.6) is 11.5 Å². The fraction of sp³-hybridized carbons (Fsp3) is 0.353. The van der Waals surface area contributed by atoms with E-state index in [4.69, 9.17) is 9.47 Å². The zero-order chi connectivity index (χ0) is 15.4. The minimum atomic E-state index is 0.767. The number of aryl methyl sites for hydroxylation is 1. The molecule has 2 rings (SSSR count). The Hall–Kier alpha value is -2.23. The van der Waals surface area contributed by atoms with Crippen molar-refractivity contribution in [2.75, 3.05) is 33.2 Å². The lowest BCUT2D eigenvalue weighted by molar-refractivity contribution is -0.688. The molecule has 1 aromatic carbocycles. The lowest BCUT2D eigenvalue weighted by atomic mass is 10.1. The summed E-state index contributed by atoms with van der Waals surface area (Å²) in [5.74, 6) is 1.54. The zero-order valence-corrected chi connectivity index (χ0v) is 13.4. The van der Waals surface area contributed by atoms with Gasteiger partial charge in [-0.05, 0) is 24.6 Å². The molecule has 1 heterocycles. The molecule has 0 radical (unpaired) electrons. The van der Waals surface area contributed by atoms with Crippen molar-refractivity contribution in [1.82, 2.24) is 0 Å². The van der Waals surface area contributed by atoms with Gasteiger partial charge in [-0.3, -0.25) is 0 Å². The van der Waals surface area contributed by atoms with Gasteiger partial charge in [0.2, 0.25) is 0 Å². The maximum absolute atomic E-state index is 5.38. The average Bonchev–Trinajstić information content (AvgIpc) is 2.49. The smallest absolute Gasteiger partial charge is 0.174 e. The molecular weight excluding hydrogens is 264 g/mol. The van der Waals surface area contributed by atoms with E-state index in [-0.39, 0.29) is 0 Å². The Labute approximate surface area is 126 Å². The Balaban J connectivity index is 2.26. The van der Waals surface area contributed by atoms with Gasteiger partial charge in [-0.2, -0.15) is 0 Å². The first-order chi connectivity index (χ1) is 10.0. The molecule has 112 valence electrons. The monoisotopic (exact) mass is 287 g/mol. The summed E-state index contributed by atoms with van der Waals surface area (Å²) in [7, 11) is 7.40. The van der Waals surface area contributed by atoms with Crippen LogP contribution in [0.25, 0.3) is 0 Å². The molecule has 0 N–H and O–H groups in total. The van der Waals surface area contributed by atoms with Crippen LogP contribution in [0, 0.1) is 6.92 Å². The number of hydrogen-bond donors (Lipinski definition) is 0. The topological polar surface area (TPSA) is 25.6 Å². The van der Waals surface area contributed by atoms with E-state index in [1.54, 1.807) is 14.2 Å². The average molecular weight is 287 g/mol. The van der Waals surface area contributed by atoms with Gasteiger partial charge in [0.1, 0.15) is 0 Å². The van der Waals surface area contributed by atoms with E-state index in [2.05, 4.69) is 40.9 Å². The summed E-state index contributed by atoms with van der Waals surface area (Å²) in [4.78, 5) is 2.09. The Kier molecular flexibility index (Phi) is 4.68. The van der Waals surface area contributed by atoms with Crippen molar-refractivity contribution in [2.24, 2.45) is 0 Å².